The fourth-order valence-electron chi connectivity index (χ4n) is 1.80. The zero-order valence-corrected chi connectivity index (χ0v) is 12.9. The van der Waals surface area contributed by atoms with E-state index >= 15 is 0 Å². The second kappa shape index (κ2) is 7.04. The fraction of sp³-hybridized carbons (Fsp3) is 0.125. The molecular weight excluding hydrogens is 336 g/mol. The molecule has 0 aliphatic rings. The second-order valence-corrected chi connectivity index (χ2v) is 5.07. The highest BCUT2D eigenvalue weighted by Crippen LogP contribution is 2.22. The Morgan fingerprint density at radius 3 is 2.38 bits per heavy atom. The van der Waals surface area contributed by atoms with E-state index in [1.54, 1.807) is 12.1 Å². The average molecular weight is 349 g/mol. The molecule has 0 spiro atoms. The van der Waals surface area contributed by atoms with Crippen molar-refractivity contribution in [3.8, 4) is 0 Å². The van der Waals surface area contributed by atoms with Crippen molar-refractivity contribution in [1.29, 1.82) is 0 Å². The number of hydrogen-bond acceptors (Lipinski definition) is 4. The van der Waals surface area contributed by atoms with E-state index in [0.29, 0.717) is 4.47 Å². The molecule has 0 amide bonds. The van der Waals surface area contributed by atoms with Crippen molar-refractivity contribution in [2.75, 3.05) is 7.11 Å². The Balaban J connectivity index is 2.19. The van der Waals surface area contributed by atoms with Crippen LogP contribution in [0.2, 0.25) is 0 Å². The number of ether oxygens (including phenoxy) is 2. The molecule has 21 heavy (non-hydrogen) atoms. The van der Waals surface area contributed by atoms with Crippen LogP contribution < -0.4 is 0 Å². The van der Waals surface area contributed by atoms with E-state index in [2.05, 4.69) is 15.9 Å². The van der Waals surface area contributed by atoms with Gasteiger partial charge in [0.15, 0.2) is 0 Å². The van der Waals surface area contributed by atoms with Crippen LogP contribution in [0, 0.1) is 0 Å². The lowest BCUT2D eigenvalue weighted by molar-refractivity contribution is 0.0457. The average Bonchev–Trinajstić information content (AvgIpc) is 2.52. The summed E-state index contributed by atoms with van der Waals surface area (Å²) in [6.07, 6.45) is 0. The molecule has 0 aliphatic heterocycles. The summed E-state index contributed by atoms with van der Waals surface area (Å²) in [6, 6.07) is 14.2. The maximum atomic E-state index is 12.2. The van der Waals surface area contributed by atoms with Crippen molar-refractivity contribution in [1.82, 2.24) is 0 Å². The first kappa shape index (κ1) is 15.3. The minimum atomic E-state index is -0.589. The van der Waals surface area contributed by atoms with Gasteiger partial charge in [0, 0.05) is 4.47 Å². The molecule has 0 saturated heterocycles. The zero-order valence-electron chi connectivity index (χ0n) is 11.3. The Bertz CT molecular complexity index is 653. The normalized spacial score (nSPS) is 10.0. The van der Waals surface area contributed by atoms with Crippen LogP contribution in [0.25, 0.3) is 0 Å². The molecule has 2 rings (SSSR count). The van der Waals surface area contributed by atoms with Crippen LogP contribution in [0.4, 0.5) is 0 Å². The van der Waals surface area contributed by atoms with E-state index < -0.39 is 11.9 Å². The van der Waals surface area contributed by atoms with Crippen molar-refractivity contribution < 1.29 is 19.1 Å². The van der Waals surface area contributed by atoms with Crippen molar-refractivity contribution in [3.05, 3.63) is 69.7 Å². The molecule has 0 saturated carbocycles. The Kier molecular flexibility index (Phi) is 5.11. The summed E-state index contributed by atoms with van der Waals surface area (Å²) in [6.45, 7) is 0.146. The smallest absolute Gasteiger partial charge is 0.339 e. The van der Waals surface area contributed by atoms with Crippen molar-refractivity contribution >= 4 is 27.9 Å². The Morgan fingerprint density at radius 2 is 1.71 bits per heavy atom. The first-order valence-electron chi connectivity index (χ1n) is 6.21. The number of esters is 2. The van der Waals surface area contributed by atoms with Crippen LogP contribution in [-0.4, -0.2) is 19.0 Å². The number of rotatable bonds is 4. The summed E-state index contributed by atoms with van der Waals surface area (Å²) >= 11 is 3.24. The standard InChI is InChI=1S/C16H13BrO4/c1-20-16(19)14-12(8-5-9-13(14)17)15(18)21-10-11-6-3-2-4-7-11/h2-9H,10H2,1H3. The molecule has 0 heterocycles. The quantitative estimate of drug-likeness (QED) is 0.792. The Hall–Kier alpha value is -2.14. The lowest BCUT2D eigenvalue weighted by atomic mass is 10.1. The highest BCUT2D eigenvalue weighted by Gasteiger charge is 2.21. The number of hydrogen-bond donors (Lipinski definition) is 0. The molecular formula is C16H13BrO4. The van der Waals surface area contributed by atoms with Crippen LogP contribution >= 0.6 is 15.9 Å². The van der Waals surface area contributed by atoms with Gasteiger partial charge in [-0.15, -0.1) is 0 Å². The Labute approximate surface area is 130 Å². The third kappa shape index (κ3) is 3.70. The van der Waals surface area contributed by atoms with Gasteiger partial charge in [0.25, 0.3) is 0 Å². The second-order valence-electron chi connectivity index (χ2n) is 4.22. The summed E-state index contributed by atoms with van der Waals surface area (Å²) in [4.78, 5) is 23.9. The van der Waals surface area contributed by atoms with Crippen molar-refractivity contribution in [2.24, 2.45) is 0 Å². The van der Waals surface area contributed by atoms with E-state index in [0.717, 1.165) is 5.56 Å². The van der Waals surface area contributed by atoms with Gasteiger partial charge in [-0.1, -0.05) is 36.4 Å². The molecule has 2 aromatic rings. The number of halogens is 1. The predicted octanol–water partition coefficient (Wildman–Crippen LogP) is 3.59. The van der Waals surface area contributed by atoms with E-state index in [1.165, 1.54) is 13.2 Å². The number of carbonyl (C=O) groups excluding carboxylic acids is 2. The van der Waals surface area contributed by atoms with Crippen LogP contribution in [0.15, 0.2) is 53.0 Å². The summed E-state index contributed by atoms with van der Waals surface area (Å²) in [5.41, 5.74) is 1.21. The molecule has 4 nitrogen and oxygen atoms in total. The zero-order chi connectivity index (χ0) is 15.2. The number of carbonyl (C=O) groups is 2. The van der Waals surface area contributed by atoms with Gasteiger partial charge in [0.05, 0.1) is 18.2 Å². The summed E-state index contributed by atoms with van der Waals surface area (Å²) in [5, 5.41) is 0. The van der Waals surface area contributed by atoms with Gasteiger partial charge in [0.2, 0.25) is 0 Å². The van der Waals surface area contributed by atoms with Gasteiger partial charge in [-0.2, -0.15) is 0 Å². The molecule has 0 N–H and O–H groups in total. The minimum Gasteiger partial charge on any atom is -0.465 e. The van der Waals surface area contributed by atoms with E-state index in [-0.39, 0.29) is 17.7 Å². The van der Waals surface area contributed by atoms with Crippen molar-refractivity contribution in [2.45, 2.75) is 6.61 Å². The van der Waals surface area contributed by atoms with Gasteiger partial charge < -0.3 is 9.47 Å². The van der Waals surface area contributed by atoms with Crippen LogP contribution in [-0.2, 0) is 16.1 Å². The monoisotopic (exact) mass is 348 g/mol. The van der Waals surface area contributed by atoms with Crippen LogP contribution in [0.5, 0.6) is 0 Å². The number of methoxy groups -OCH3 is 1. The predicted molar refractivity (Wildman–Crippen MR) is 81.0 cm³/mol. The van der Waals surface area contributed by atoms with Gasteiger partial charge in [0.1, 0.15) is 6.61 Å². The summed E-state index contributed by atoms with van der Waals surface area (Å²) in [5.74, 6) is -1.16. The van der Waals surface area contributed by atoms with Gasteiger partial charge >= 0.3 is 11.9 Å². The lowest BCUT2D eigenvalue weighted by Gasteiger charge is -2.10. The highest BCUT2D eigenvalue weighted by molar-refractivity contribution is 9.10. The molecule has 2 aromatic carbocycles. The van der Waals surface area contributed by atoms with Gasteiger partial charge in [-0.25, -0.2) is 9.59 Å². The van der Waals surface area contributed by atoms with E-state index in [4.69, 9.17) is 9.47 Å². The third-order valence-corrected chi connectivity index (χ3v) is 3.50. The van der Waals surface area contributed by atoms with E-state index in [9.17, 15) is 9.59 Å². The molecule has 0 radical (unpaired) electrons. The lowest BCUT2D eigenvalue weighted by Crippen LogP contribution is -2.13. The highest BCUT2D eigenvalue weighted by atomic mass is 79.9. The first-order valence-corrected chi connectivity index (χ1v) is 7.00. The maximum Gasteiger partial charge on any atom is 0.339 e. The van der Waals surface area contributed by atoms with Gasteiger partial charge in [-0.05, 0) is 33.6 Å². The van der Waals surface area contributed by atoms with Crippen LogP contribution in [0.3, 0.4) is 0 Å². The molecule has 0 fully saturated rings. The molecule has 0 bridgehead atoms. The third-order valence-electron chi connectivity index (χ3n) is 2.84. The molecule has 0 atom stereocenters. The SMILES string of the molecule is COC(=O)c1c(Br)cccc1C(=O)OCc1ccccc1. The molecule has 108 valence electrons. The molecule has 0 aliphatic carbocycles. The molecule has 5 heteroatoms. The molecule has 0 aromatic heterocycles. The minimum absolute atomic E-state index is 0.146. The first-order chi connectivity index (χ1) is 10.1. The summed E-state index contributed by atoms with van der Waals surface area (Å²) in [7, 11) is 1.26. The summed E-state index contributed by atoms with van der Waals surface area (Å²) < 4.78 is 10.4. The van der Waals surface area contributed by atoms with Crippen LogP contribution in [0.1, 0.15) is 26.3 Å². The topological polar surface area (TPSA) is 52.6 Å². The van der Waals surface area contributed by atoms with Crippen molar-refractivity contribution in [3.63, 3.8) is 0 Å². The Morgan fingerprint density at radius 1 is 1.00 bits per heavy atom. The fourth-order valence-corrected chi connectivity index (χ4v) is 2.33. The number of benzene rings is 2. The maximum absolute atomic E-state index is 12.2. The van der Waals surface area contributed by atoms with E-state index in [1.807, 2.05) is 30.3 Å². The molecule has 0 unspecified atom stereocenters. The van der Waals surface area contributed by atoms with Gasteiger partial charge in [-0.3, -0.25) is 0 Å². The largest absolute Gasteiger partial charge is 0.465 e.